The highest BCUT2D eigenvalue weighted by molar-refractivity contribution is 5.76. The van der Waals surface area contributed by atoms with Gasteiger partial charge in [-0.15, -0.1) is 0 Å². The molecule has 2 aromatic rings. The number of hydrogen-bond donors (Lipinski definition) is 3. The molecule has 3 rings (SSSR count). The van der Waals surface area contributed by atoms with Crippen molar-refractivity contribution in [2.24, 2.45) is 5.92 Å². The molecule has 0 radical (unpaired) electrons. The molecule has 1 fully saturated rings. The lowest BCUT2D eigenvalue weighted by Gasteiger charge is -2.15. The van der Waals surface area contributed by atoms with Crippen molar-refractivity contribution < 1.29 is 24.5 Å². The molecule has 1 saturated carbocycles. The van der Waals surface area contributed by atoms with Crippen LogP contribution in [0.25, 0.3) is 11.1 Å². The number of amides is 2. The molecule has 1 aliphatic rings. The first-order chi connectivity index (χ1) is 18.4. The second-order valence-electron chi connectivity index (χ2n) is 9.74. The van der Waals surface area contributed by atoms with Crippen molar-refractivity contribution in [1.82, 2.24) is 10.2 Å². The van der Waals surface area contributed by atoms with Crippen LogP contribution in [0.4, 0.5) is 0 Å². The number of benzene rings is 2. The fourth-order valence-electron chi connectivity index (χ4n) is 3.82. The van der Waals surface area contributed by atoms with E-state index in [1.807, 2.05) is 37.3 Å². The molecule has 2 aromatic carbocycles. The summed E-state index contributed by atoms with van der Waals surface area (Å²) in [6, 6.07) is 16.5. The first kappa shape index (κ1) is 33.1. The van der Waals surface area contributed by atoms with Gasteiger partial charge in [-0.2, -0.15) is 0 Å². The molecule has 1 aliphatic carbocycles. The van der Waals surface area contributed by atoms with E-state index in [1.54, 1.807) is 18.9 Å². The minimum Gasteiger partial charge on any atom is -0.493 e. The largest absolute Gasteiger partial charge is 0.493 e. The van der Waals surface area contributed by atoms with Gasteiger partial charge in [-0.25, -0.2) is 0 Å². The van der Waals surface area contributed by atoms with Crippen molar-refractivity contribution in [3.05, 3.63) is 54.1 Å². The number of aliphatic hydroxyl groups excluding tert-OH is 2. The van der Waals surface area contributed by atoms with Crippen LogP contribution < -0.4 is 10.1 Å². The number of para-hydroxylation sites is 1. The summed E-state index contributed by atoms with van der Waals surface area (Å²) in [5.74, 6) is 1.46. The molecule has 212 valence electrons. The third-order valence-corrected chi connectivity index (χ3v) is 6.49. The second-order valence-corrected chi connectivity index (χ2v) is 9.74. The van der Waals surface area contributed by atoms with E-state index in [0.717, 1.165) is 61.3 Å². The smallest absolute Gasteiger partial charge is 0.248 e. The Balaban J connectivity index is 0.000000401. The first-order valence-corrected chi connectivity index (χ1v) is 13.9. The van der Waals surface area contributed by atoms with Crippen molar-refractivity contribution >= 4 is 12.3 Å². The molecule has 1 atom stereocenters. The van der Waals surface area contributed by atoms with Crippen LogP contribution in [0.3, 0.4) is 0 Å². The molecule has 0 spiro atoms. The number of hydrogen-bond acceptors (Lipinski definition) is 5. The van der Waals surface area contributed by atoms with Gasteiger partial charge in [0.25, 0.3) is 0 Å². The Labute approximate surface area is 229 Å². The molecule has 0 aliphatic heterocycles. The Kier molecular flexibility index (Phi) is 17.5. The maximum absolute atomic E-state index is 10.7. The van der Waals surface area contributed by atoms with Crippen LogP contribution >= 0.6 is 0 Å². The predicted octanol–water partition coefficient (Wildman–Crippen LogP) is 5.18. The molecule has 38 heavy (non-hydrogen) atoms. The molecule has 2 amide bonds. The van der Waals surface area contributed by atoms with Crippen LogP contribution in [0.2, 0.25) is 0 Å². The molecule has 0 saturated heterocycles. The van der Waals surface area contributed by atoms with Gasteiger partial charge in [-0.3, -0.25) is 9.59 Å². The van der Waals surface area contributed by atoms with Gasteiger partial charge in [0.15, 0.2) is 0 Å². The summed E-state index contributed by atoms with van der Waals surface area (Å²) >= 11 is 0. The lowest BCUT2D eigenvalue weighted by atomic mass is 10.0. The van der Waals surface area contributed by atoms with E-state index in [0.29, 0.717) is 12.5 Å². The standard InChI is InChI=1S/C20H23NO2.C7H15NO2.C4H10O/c22-15-21-13-16-9-11-18(12-10-16)19-7-3-4-8-20(19)23-14-17-5-1-2-6-17;1-3-4-5-8(2)7(10)6-9;1-3-4(2)5/h3-4,7-12,15,17H,1-2,5-6,13-14H2,(H,21,22);9H,3-6H2,1-2H3;4-5H,3H2,1-2H3/t;;4-/m..1/s1. The van der Waals surface area contributed by atoms with Gasteiger partial charge in [0.2, 0.25) is 12.3 Å². The van der Waals surface area contributed by atoms with Gasteiger partial charge < -0.3 is 25.2 Å². The van der Waals surface area contributed by atoms with Crippen molar-refractivity contribution in [1.29, 1.82) is 0 Å². The van der Waals surface area contributed by atoms with Crippen molar-refractivity contribution in [3.63, 3.8) is 0 Å². The number of likely N-dealkylation sites (N-methyl/N-ethyl adjacent to an activating group) is 1. The summed E-state index contributed by atoms with van der Waals surface area (Å²) < 4.78 is 6.11. The Bertz CT molecular complexity index is 895. The van der Waals surface area contributed by atoms with E-state index in [2.05, 4.69) is 30.4 Å². The summed E-state index contributed by atoms with van der Waals surface area (Å²) in [5, 5.41) is 19.5. The topological polar surface area (TPSA) is 99.1 Å². The zero-order valence-corrected chi connectivity index (χ0v) is 23.7. The highest BCUT2D eigenvalue weighted by Gasteiger charge is 2.16. The van der Waals surface area contributed by atoms with Crippen LogP contribution in [-0.4, -0.2) is 60.3 Å². The van der Waals surface area contributed by atoms with Crippen LogP contribution in [0.15, 0.2) is 48.5 Å². The van der Waals surface area contributed by atoms with E-state index < -0.39 is 0 Å². The fourth-order valence-corrected chi connectivity index (χ4v) is 3.82. The summed E-state index contributed by atoms with van der Waals surface area (Å²) in [5.41, 5.74) is 3.35. The number of nitrogens with zero attached hydrogens (tertiary/aromatic N) is 1. The number of rotatable bonds is 12. The normalized spacial score (nSPS) is 13.3. The lowest BCUT2D eigenvalue weighted by molar-refractivity contribution is -0.132. The monoisotopic (exact) mass is 528 g/mol. The number of carbonyl (C=O) groups is 2. The van der Waals surface area contributed by atoms with Crippen LogP contribution in [0, 0.1) is 5.92 Å². The zero-order valence-electron chi connectivity index (χ0n) is 23.7. The molecule has 7 heteroatoms. The fraction of sp³-hybridized carbons (Fsp3) is 0.548. The van der Waals surface area contributed by atoms with E-state index >= 15 is 0 Å². The van der Waals surface area contributed by atoms with Crippen molar-refractivity contribution in [3.8, 4) is 16.9 Å². The summed E-state index contributed by atoms with van der Waals surface area (Å²) in [7, 11) is 1.70. The average Bonchev–Trinajstić information content (AvgIpc) is 3.48. The quantitative estimate of drug-likeness (QED) is 0.330. The van der Waals surface area contributed by atoms with E-state index in [4.69, 9.17) is 14.9 Å². The molecule has 7 nitrogen and oxygen atoms in total. The zero-order chi connectivity index (χ0) is 28.2. The SMILES string of the molecule is CCCCN(C)C(=O)CO.CC[C@@H](C)O.O=CNCc1ccc(-c2ccccc2OCC2CCCC2)cc1. The number of ether oxygens (including phenoxy) is 1. The third-order valence-electron chi connectivity index (χ3n) is 6.49. The maximum atomic E-state index is 10.7. The van der Waals surface area contributed by atoms with Gasteiger partial charge in [0, 0.05) is 25.7 Å². The Hall–Kier alpha value is -2.90. The Morgan fingerprint density at radius 1 is 1.13 bits per heavy atom. The van der Waals surface area contributed by atoms with Gasteiger partial charge in [0.05, 0.1) is 12.7 Å². The first-order valence-electron chi connectivity index (χ1n) is 13.9. The molecule has 0 bridgehead atoms. The molecule has 0 aromatic heterocycles. The minimum atomic E-state index is -0.375. The van der Waals surface area contributed by atoms with E-state index in [9.17, 15) is 9.59 Å². The van der Waals surface area contributed by atoms with Crippen LogP contribution in [-0.2, 0) is 16.1 Å². The summed E-state index contributed by atoms with van der Waals surface area (Å²) in [6.45, 7) is 7.54. The summed E-state index contributed by atoms with van der Waals surface area (Å²) in [6.07, 6.45) is 8.81. The highest BCUT2D eigenvalue weighted by atomic mass is 16.5. The highest BCUT2D eigenvalue weighted by Crippen LogP contribution is 2.32. The summed E-state index contributed by atoms with van der Waals surface area (Å²) in [4.78, 5) is 22.6. The Morgan fingerprint density at radius 3 is 2.32 bits per heavy atom. The Morgan fingerprint density at radius 2 is 1.76 bits per heavy atom. The third kappa shape index (κ3) is 13.6. The van der Waals surface area contributed by atoms with Crippen LogP contribution in [0.1, 0.15) is 71.3 Å². The predicted molar refractivity (Wildman–Crippen MR) is 154 cm³/mol. The number of nitrogens with one attached hydrogen (secondary N) is 1. The molecule has 0 heterocycles. The second kappa shape index (κ2) is 20.1. The van der Waals surface area contributed by atoms with E-state index in [1.165, 1.54) is 25.7 Å². The van der Waals surface area contributed by atoms with Gasteiger partial charge in [-0.05, 0) is 55.7 Å². The van der Waals surface area contributed by atoms with Crippen molar-refractivity contribution in [2.75, 3.05) is 26.8 Å². The van der Waals surface area contributed by atoms with Gasteiger partial charge in [0.1, 0.15) is 12.4 Å². The molecular weight excluding hydrogens is 480 g/mol. The van der Waals surface area contributed by atoms with Crippen LogP contribution in [0.5, 0.6) is 5.75 Å². The van der Waals surface area contributed by atoms with Gasteiger partial charge >= 0.3 is 0 Å². The van der Waals surface area contributed by atoms with Gasteiger partial charge in [-0.1, -0.05) is 75.6 Å². The molecule has 3 N–H and O–H groups in total. The average molecular weight is 529 g/mol. The maximum Gasteiger partial charge on any atom is 0.248 e. The number of aliphatic hydroxyl groups is 2. The van der Waals surface area contributed by atoms with Crippen molar-refractivity contribution in [2.45, 2.75) is 78.4 Å². The minimum absolute atomic E-state index is 0.116. The lowest BCUT2D eigenvalue weighted by Crippen LogP contribution is -2.29. The molecule has 0 unspecified atom stereocenters. The molecular formula is C31H48N2O5. The number of unbranched alkanes of at least 4 members (excludes halogenated alkanes) is 1. The van der Waals surface area contributed by atoms with E-state index in [-0.39, 0.29) is 18.6 Å². The number of carbonyl (C=O) groups excluding carboxylic acids is 2.